The zero-order chi connectivity index (χ0) is 13.6. The molecule has 0 spiro atoms. The number of unbranched alkanes of at least 4 members (excludes halogenated alkanes) is 3. The Labute approximate surface area is 115 Å². The second-order valence-electron chi connectivity index (χ2n) is 5.41. The van der Waals surface area contributed by atoms with Gasteiger partial charge in [0.1, 0.15) is 0 Å². The maximum Gasteiger partial charge on any atom is 0.0702 e. The summed E-state index contributed by atoms with van der Waals surface area (Å²) < 4.78 is 6.16. The fourth-order valence-electron chi connectivity index (χ4n) is 2.24. The first-order chi connectivity index (χ1) is 8.74. The zero-order valence-corrected chi connectivity index (χ0v) is 13.1. The molecule has 110 valence electrons. The first-order valence-electron chi connectivity index (χ1n) is 8.10. The van der Waals surface area contributed by atoms with Gasteiger partial charge < -0.3 is 10.1 Å². The summed E-state index contributed by atoms with van der Waals surface area (Å²) >= 11 is 0. The van der Waals surface area contributed by atoms with Gasteiger partial charge in [-0.05, 0) is 32.7 Å². The van der Waals surface area contributed by atoms with E-state index in [4.69, 9.17) is 4.74 Å². The molecule has 18 heavy (non-hydrogen) atoms. The van der Waals surface area contributed by atoms with Crippen molar-refractivity contribution >= 4 is 0 Å². The molecule has 2 heteroatoms. The second kappa shape index (κ2) is 13.4. The number of hydrogen-bond acceptors (Lipinski definition) is 2. The number of nitrogens with one attached hydrogen (secondary N) is 1. The van der Waals surface area contributed by atoms with Crippen LogP contribution < -0.4 is 5.32 Å². The van der Waals surface area contributed by atoms with Gasteiger partial charge in [0, 0.05) is 6.54 Å². The molecule has 0 aliphatic carbocycles. The van der Waals surface area contributed by atoms with Gasteiger partial charge in [0.25, 0.3) is 0 Å². The Morgan fingerprint density at radius 2 is 1.67 bits per heavy atom. The van der Waals surface area contributed by atoms with Crippen LogP contribution in [-0.2, 0) is 4.74 Å². The van der Waals surface area contributed by atoms with Crippen molar-refractivity contribution < 1.29 is 4.74 Å². The lowest BCUT2D eigenvalue weighted by Gasteiger charge is -2.22. The summed E-state index contributed by atoms with van der Waals surface area (Å²) in [6, 6.07) is 0. The standard InChI is InChI=1S/C16H35NO/c1-5-8-9-10-12-15(4)18-16(11-6-2)14-17-13-7-3/h15-17H,5-14H2,1-4H3. The first kappa shape index (κ1) is 17.9. The second-order valence-corrected chi connectivity index (χ2v) is 5.41. The molecular weight excluding hydrogens is 222 g/mol. The highest BCUT2D eigenvalue weighted by atomic mass is 16.5. The van der Waals surface area contributed by atoms with Crippen LogP contribution in [0.15, 0.2) is 0 Å². The molecule has 2 nitrogen and oxygen atoms in total. The lowest BCUT2D eigenvalue weighted by molar-refractivity contribution is -0.0108. The average molecular weight is 257 g/mol. The van der Waals surface area contributed by atoms with E-state index in [2.05, 4.69) is 33.0 Å². The first-order valence-corrected chi connectivity index (χ1v) is 8.10. The Bertz CT molecular complexity index is 161. The SMILES string of the molecule is CCCCCCC(C)OC(CCC)CNCCC. The summed E-state index contributed by atoms with van der Waals surface area (Å²) in [7, 11) is 0. The highest BCUT2D eigenvalue weighted by Gasteiger charge is 2.12. The summed E-state index contributed by atoms with van der Waals surface area (Å²) in [6.45, 7) is 11.1. The van der Waals surface area contributed by atoms with Gasteiger partial charge in [-0.25, -0.2) is 0 Å². The van der Waals surface area contributed by atoms with Crippen LogP contribution in [0.4, 0.5) is 0 Å². The summed E-state index contributed by atoms with van der Waals surface area (Å²) in [5, 5.41) is 3.48. The fraction of sp³-hybridized carbons (Fsp3) is 1.00. The molecule has 0 heterocycles. The predicted octanol–water partition coefficient (Wildman–Crippen LogP) is 4.53. The third-order valence-corrected chi connectivity index (χ3v) is 3.30. The normalized spacial score (nSPS) is 14.7. The van der Waals surface area contributed by atoms with Crippen molar-refractivity contribution in [3.63, 3.8) is 0 Å². The quantitative estimate of drug-likeness (QED) is 0.489. The van der Waals surface area contributed by atoms with E-state index in [0.717, 1.165) is 13.1 Å². The average Bonchev–Trinajstić information content (AvgIpc) is 2.35. The van der Waals surface area contributed by atoms with Crippen molar-refractivity contribution in [2.24, 2.45) is 0 Å². The lowest BCUT2D eigenvalue weighted by Crippen LogP contribution is -2.32. The third-order valence-electron chi connectivity index (χ3n) is 3.30. The highest BCUT2D eigenvalue weighted by Crippen LogP contribution is 2.12. The molecule has 2 atom stereocenters. The van der Waals surface area contributed by atoms with E-state index >= 15 is 0 Å². The molecule has 0 rings (SSSR count). The highest BCUT2D eigenvalue weighted by molar-refractivity contribution is 4.64. The fourth-order valence-corrected chi connectivity index (χ4v) is 2.24. The Hall–Kier alpha value is -0.0800. The van der Waals surface area contributed by atoms with Crippen LogP contribution in [0.3, 0.4) is 0 Å². The van der Waals surface area contributed by atoms with Gasteiger partial charge in [-0.3, -0.25) is 0 Å². The van der Waals surface area contributed by atoms with E-state index < -0.39 is 0 Å². The van der Waals surface area contributed by atoms with Crippen LogP contribution in [0.5, 0.6) is 0 Å². The monoisotopic (exact) mass is 257 g/mol. The number of rotatable bonds is 13. The molecule has 0 aromatic carbocycles. The number of hydrogen-bond donors (Lipinski definition) is 1. The van der Waals surface area contributed by atoms with Gasteiger partial charge in [-0.15, -0.1) is 0 Å². The van der Waals surface area contributed by atoms with Gasteiger partial charge in [0.15, 0.2) is 0 Å². The molecule has 0 aliphatic rings. The van der Waals surface area contributed by atoms with Gasteiger partial charge in [0.2, 0.25) is 0 Å². The molecular formula is C16H35NO. The van der Waals surface area contributed by atoms with Crippen molar-refractivity contribution in [2.75, 3.05) is 13.1 Å². The van der Waals surface area contributed by atoms with Crippen LogP contribution in [0.2, 0.25) is 0 Å². The minimum Gasteiger partial charge on any atom is -0.374 e. The molecule has 0 bridgehead atoms. The molecule has 0 aliphatic heterocycles. The summed E-state index contributed by atoms with van der Waals surface area (Å²) in [5.74, 6) is 0. The predicted molar refractivity (Wildman–Crippen MR) is 81.2 cm³/mol. The van der Waals surface area contributed by atoms with Crippen LogP contribution in [-0.4, -0.2) is 25.3 Å². The van der Waals surface area contributed by atoms with Crippen molar-refractivity contribution in [1.29, 1.82) is 0 Å². The maximum atomic E-state index is 6.16. The van der Waals surface area contributed by atoms with Crippen LogP contribution in [0.25, 0.3) is 0 Å². The molecule has 1 N–H and O–H groups in total. The smallest absolute Gasteiger partial charge is 0.0702 e. The third kappa shape index (κ3) is 11.0. The van der Waals surface area contributed by atoms with Crippen LogP contribution >= 0.6 is 0 Å². The van der Waals surface area contributed by atoms with Crippen molar-refractivity contribution in [2.45, 2.75) is 91.3 Å². The van der Waals surface area contributed by atoms with Gasteiger partial charge >= 0.3 is 0 Å². The largest absolute Gasteiger partial charge is 0.374 e. The lowest BCUT2D eigenvalue weighted by atomic mass is 10.1. The van der Waals surface area contributed by atoms with Crippen molar-refractivity contribution in [3.8, 4) is 0 Å². The Balaban J connectivity index is 3.69. The van der Waals surface area contributed by atoms with Crippen molar-refractivity contribution in [3.05, 3.63) is 0 Å². The van der Waals surface area contributed by atoms with Gasteiger partial charge in [-0.2, -0.15) is 0 Å². The number of ether oxygens (including phenoxy) is 1. The Kier molecular flexibility index (Phi) is 13.3. The zero-order valence-electron chi connectivity index (χ0n) is 13.1. The van der Waals surface area contributed by atoms with Gasteiger partial charge in [0.05, 0.1) is 12.2 Å². The molecule has 0 aromatic rings. The van der Waals surface area contributed by atoms with E-state index in [9.17, 15) is 0 Å². The van der Waals surface area contributed by atoms with Crippen molar-refractivity contribution in [1.82, 2.24) is 5.32 Å². The molecule has 0 saturated carbocycles. The Morgan fingerprint density at radius 1 is 0.889 bits per heavy atom. The van der Waals surface area contributed by atoms with E-state index in [1.165, 1.54) is 51.4 Å². The molecule has 0 radical (unpaired) electrons. The molecule has 0 fully saturated rings. The van der Waals surface area contributed by atoms with Gasteiger partial charge in [-0.1, -0.05) is 52.9 Å². The van der Waals surface area contributed by atoms with E-state index in [1.807, 2.05) is 0 Å². The summed E-state index contributed by atoms with van der Waals surface area (Å²) in [5.41, 5.74) is 0. The topological polar surface area (TPSA) is 21.3 Å². The van der Waals surface area contributed by atoms with E-state index in [0.29, 0.717) is 12.2 Å². The molecule has 0 saturated heterocycles. The summed E-state index contributed by atoms with van der Waals surface area (Å²) in [4.78, 5) is 0. The molecule has 2 unspecified atom stereocenters. The minimum absolute atomic E-state index is 0.405. The van der Waals surface area contributed by atoms with E-state index in [1.54, 1.807) is 0 Å². The molecule has 0 aromatic heterocycles. The summed E-state index contributed by atoms with van der Waals surface area (Å²) in [6.07, 6.45) is 11.0. The van der Waals surface area contributed by atoms with E-state index in [-0.39, 0.29) is 0 Å². The van der Waals surface area contributed by atoms with Crippen LogP contribution in [0.1, 0.15) is 79.1 Å². The van der Waals surface area contributed by atoms with Crippen LogP contribution in [0, 0.1) is 0 Å². The Morgan fingerprint density at radius 3 is 2.28 bits per heavy atom. The maximum absolute atomic E-state index is 6.16. The minimum atomic E-state index is 0.405. The molecule has 0 amide bonds.